The second kappa shape index (κ2) is 12.1. The van der Waals surface area contributed by atoms with Crippen LogP contribution in [0.4, 0.5) is 11.6 Å². The molecule has 0 unspecified atom stereocenters. The summed E-state index contributed by atoms with van der Waals surface area (Å²) in [6.45, 7) is 4.73. The average Bonchev–Trinajstić information content (AvgIpc) is 2.84. The Morgan fingerprint density at radius 3 is 2.13 bits per heavy atom. The monoisotopic (exact) mass is 442 g/mol. The molecule has 9 heteroatoms. The zero-order valence-electron chi connectivity index (χ0n) is 17.7. The van der Waals surface area contributed by atoms with Crippen LogP contribution in [0.5, 0.6) is 0 Å². The van der Waals surface area contributed by atoms with Gasteiger partial charge in [0, 0.05) is 57.3 Å². The Kier molecular flexibility index (Phi) is 8.96. The van der Waals surface area contributed by atoms with E-state index in [1.165, 1.54) is 5.69 Å². The third kappa shape index (κ3) is 7.13. The number of aromatic nitrogens is 2. The fourth-order valence-electron chi connectivity index (χ4n) is 3.42. The van der Waals surface area contributed by atoms with E-state index in [1.807, 2.05) is 6.07 Å². The smallest absolute Gasteiger partial charge is 0.254 e. The zero-order valence-corrected chi connectivity index (χ0v) is 18.6. The van der Waals surface area contributed by atoms with Crippen LogP contribution in [0.2, 0.25) is 0 Å². The Balaban J connectivity index is 1.36. The Hall–Kier alpha value is -2.81. The molecule has 8 nitrogen and oxygen atoms in total. The molecule has 2 heterocycles. The number of para-hydroxylation sites is 1. The van der Waals surface area contributed by atoms with Crippen molar-refractivity contribution >= 4 is 36.1 Å². The van der Waals surface area contributed by atoms with Crippen molar-refractivity contribution in [1.29, 1.82) is 0 Å². The number of thiol groups is 1. The van der Waals surface area contributed by atoms with Gasteiger partial charge in [-0.2, -0.15) is 12.6 Å². The summed E-state index contributed by atoms with van der Waals surface area (Å²) in [6, 6.07) is 10.4. The number of benzene rings is 1. The van der Waals surface area contributed by atoms with Gasteiger partial charge in [-0.15, -0.1) is 0 Å². The Morgan fingerprint density at radius 1 is 0.871 bits per heavy atom. The van der Waals surface area contributed by atoms with Gasteiger partial charge < -0.3 is 20.4 Å². The fraction of sp³-hybridized carbons (Fsp3) is 0.455. The molecule has 2 amide bonds. The van der Waals surface area contributed by atoms with E-state index in [1.54, 1.807) is 12.4 Å². The Bertz CT molecular complexity index is 826. The van der Waals surface area contributed by atoms with Crippen molar-refractivity contribution in [2.45, 2.75) is 19.3 Å². The molecule has 31 heavy (non-hydrogen) atoms. The minimum atomic E-state index is -0.163. The molecule has 0 aliphatic carbocycles. The van der Waals surface area contributed by atoms with E-state index in [0.29, 0.717) is 24.6 Å². The number of hydrogen-bond donors (Lipinski definition) is 3. The third-order valence-corrected chi connectivity index (χ3v) is 5.48. The molecule has 1 fully saturated rings. The van der Waals surface area contributed by atoms with Crippen LogP contribution < -0.4 is 20.4 Å². The summed E-state index contributed by atoms with van der Waals surface area (Å²) in [4.78, 5) is 36.7. The van der Waals surface area contributed by atoms with Gasteiger partial charge in [0.15, 0.2) is 0 Å². The van der Waals surface area contributed by atoms with E-state index in [9.17, 15) is 9.59 Å². The van der Waals surface area contributed by atoms with Gasteiger partial charge in [0.25, 0.3) is 5.91 Å². The molecule has 0 bridgehead atoms. The summed E-state index contributed by atoms with van der Waals surface area (Å²) >= 11 is 3.91. The number of amides is 2. The summed E-state index contributed by atoms with van der Waals surface area (Å²) in [5, 5.41) is 5.67. The SMILES string of the molecule is O=C(CS)NCCCCCNC(=O)c1cnc(N2CCN(c3ccccc3)CC2)nc1. The number of hydrogen-bond acceptors (Lipinski definition) is 7. The van der Waals surface area contributed by atoms with Crippen LogP contribution in [-0.4, -0.2) is 66.8 Å². The molecular weight excluding hydrogens is 412 g/mol. The van der Waals surface area contributed by atoms with Crippen LogP contribution in [0, 0.1) is 0 Å². The summed E-state index contributed by atoms with van der Waals surface area (Å²) in [7, 11) is 0. The van der Waals surface area contributed by atoms with Gasteiger partial charge in [-0.05, 0) is 31.4 Å². The highest BCUT2D eigenvalue weighted by molar-refractivity contribution is 7.81. The molecular formula is C22H30N6O2S. The predicted octanol–water partition coefficient (Wildman–Crippen LogP) is 1.75. The normalized spacial score (nSPS) is 13.7. The van der Waals surface area contributed by atoms with Gasteiger partial charge in [0.1, 0.15) is 0 Å². The quantitative estimate of drug-likeness (QED) is 0.384. The molecule has 166 valence electrons. The molecule has 0 atom stereocenters. The number of nitrogens with one attached hydrogen (secondary N) is 2. The van der Waals surface area contributed by atoms with Crippen LogP contribution in [0.1, 0.15) is 29.6 Å². The molecule has 1 aromatic carbocycles. The van der Waals surface area contributed by atoms with Crippen molar-refractivity contribution in [3.8, 4) is 0 Å². The van der Waals surface area contributed by atoms with E-state index in [2.05, 4.69) is 67.3 Å². The first kappa shape index (κ1) is 22.9. The van der Waals surface area contributed by atoms with Crippen molar-refractivity contribution in [1.82, 2.24) is 20.6 Å². The molecule has 1 saturated heterocycles. The van der Waals surface area contributed by atoms with Crippen LogP contribution in [0.3, 0.4) is 0 Å². The molecule has 0 radical (unpaired) electrons. The van der Waals surface area contributed by atoms with Gasteiger partial charge >= 0.3 is 0 Å². The number of carbonyl (C=O) groups is 2. The van der Waals surface area contributed by atoms with Gasteiger partial charge in [-0.3, -0.25) is 9.59 Å². The molecule has 0 spiro atoms. The number of unbranched alkanes of at least 4 members (excludes halogenated alkanes) is 2. The van der Waals surface area contributed by atoms with Crippen molar-refractivity contribution < 1.29 is 9.59 Å². The number of anilines is 2. The van der Waals surface area contributed by atoms with Gasteiger partial charge in [0.05, 0.1) is 11.3 Å². The summed E-state index contributed by atoms with van der Waals surface area (Å²) in [6.07, 6.45) is 5.85. The Labute approximate surface area is 188 Å². The van der Waals surface area contributed by atoms with Crippen molar-refractivity contribution in [2.75, 3.05) is 54.8 Å². The highest BCUT2D eigenvalue weighted by Gasteiger charge is 2.19. The topological polar surface area (TPSA) is 90.5 Å². The molecule has 1 aliphatic rings. The standard InChI is InChI=1S/C22H30N6O2S/c29-20(17-31)23-9-5-2-6-10-24-21(30)18-15-25-22(26-16-18)28-13-11-27(12-14-28)19-7-3-1-4-8-19/h1,3-4,7-8,15-16,31H,2,5-6,9-14,17H2,(H,23,29)(H,24,30). The van der Waals surface area contributed by atoms with Gasteiger partial charge in [0.2, 0.25) is 11.9 Å². The largest absolute Gasteiger partial charge is 0.368 e. The lowest BCUT2D eigenvalue weighted by atomic mass is 10.2. The maximum atomic E-state index is 12.3. The van der Waals surface area contributed by atoms with Crippen LogP contribution in [0.25, 0.3) is 0 Å². The zero-order chi connectivity index (χ0) is 21.9. The lowest BCUT2D eigenvalue weighted by Gasteiger charge is -2.36. The average molecular weight is 443 g/mol. The van der Waals surface area contributed by atoms with Crippen molar-refractivity contribution in [3.05, 3.63) is 48.3 Å². The predicted molar refractivity (Wildman–Crippen MR) is 126 cm³/mol. The maximum Gasteiger partial charge on any atom is 0.254 e. The fourth-order valence-corrected chi connectivity index (χ4v) is 3.53. The van der Waals surface area contributed by atoms with Crippen molar-refractivity contribution in [3.63, 3.8) is 0 Å². The van der Waals surface area contributed by atoms with Gasteiger partial charge in [-0.1, -0.05) is 18.2 Å². The number of piperazine rings is 1. The Morgan fingerprint density at radius 2 is 1.48 bits per heavy atom. The first-order valence-electron chi connectivity index (χ1n) is 10.7. The highest BCUT2D eigenvalue weighted by Crippen LogP contribution is 2.17. The second-order valence-electron chi connectivity index (χ2n) is 7.41. The molecule has 2 aromatic rings. The first-order valence-corrected chi connectivity index (χ1v) is 11.3. The van der Waals surface area contributed by atoms with Crippen LogP contribution in [-0.2, 0) is 4.79 Å². The van der Waals surface area contributed by atoms with Gasteiger partial charge in [-0.25, -0.2) is 9.97 Å². The minimum absolute atomic E-state index is 0.0573. The summed E-state index contributed by atoms with van der Waals surface area (Å²) < 4.78 is 0. The van der Waals surface area contributed by atoms with Crippen LogP contribution >= 0.6 is 12.6 Å². The van der Waals surface area contributed by atoms with E-state index < -0.39 is 0 Å². The van der Waals surface area contributed by atoms with E-state index in [0.717, 1.165) is 45.4 Å². The number of rotatable bonds is 10. The summed E-state index contributed by atoms with van der Waals surface area (Å²) in [5.74, 6) is 0.648. The second-order valence-corrected chi connectivity index (χ2v) is 7.72. The lowest BCUT2D eigenvalue weighted by Crippen LogP contribution is -2.47. The lowest BCUT2D eigenvalue weighted by molar-refractivity contribution is -0.118. The van der Waals surface area contributed by atoms with E-state index in [4.69, 9.17) is 0 Å². The molecule has 1 aliphatic heterocycles. The first-order chi connectivity index (χ1) is 15.2. The van der Waals surface area contributed by atoms with E-state index in [-0.39, 0.29) is 17.6 Å². The highest BCUT2D eigenvalue weighted by atomic mass is 32.1. The number of carbonyl (C=O) groups excluding carboxylic acids is 2. The minimum Gasteiger partial charge on any atom is -0.368 e. The molecule has 0 saturated carbocycles. The molecule has 3 rings (SSSR count). The maximum absolute atomic E-state index is 12.3. The van der Waals surface area contributed by atoms with E-state index >= 15 is 0 Å². The number of nitrogens with zero attached hydrogens (tertiary/aromatic N) is 4. The molecule has 2 N–H and O–H groups in total. The summed E-state index contributed by atoms with van der Waals surface area (Å²) in [5.41, 5.74) is 1.70. The molecule has 1 aromatic heterocycles. The third-order valence-electron chi connectivity index (χ3n) is 5.19. The van der Waals surface area contributed by atoms with Crippen LogP contribution in [0.15, 0.2) is 42.7 Å². The van der Waals surface area contributed by atoms with Crippen molar-refractivity contribution in [2.24, 2.45) is 0 Å².